The first-order chi connectivity index (χ1) is 19.5. The fourth-order valence-corrected chi connectivity index (χ4v) is 7.24. The molecular formula is C34H41NO7. The number of ether oxygens (including phenoxy) is 3. The minimum Gasteiger partial charge on any atom is -0.456 e. The van der Waals surface area contributed by atoms with Crippen molar-refractivity contribution in [2.45, 2.75) is 97.8 Å². The summed E-state index contributed by atoms with van der Waals surface area (Å²) in [5, 5.41) is 0. The van der Waals surface area contributed by atoms with E-state index in [2.05, 4.69) is 6.08 Å². The number of allylic oxidation sites excluding steroid dienone is 5. The number of amides is 1. The summed E-state index contributed by atoms with van der Waals surface area (Å²) in [4.78, 5) is 55.0. The zero-order chi connectivity index (χ0) is 30.8. The predicted octanol–water partition coefficient (Wildman–Crippen LogP) is 6.03. The van der Waals surface area contributed by atoms with Crippen molar-refractivity contribution in [3.8, 4) is 0 Å². The van der Waals surface area contributed by atoms with Gasteiger partial charge in [0.25, 0.3) is 0 Å². The van der Waals surface area contributed by atoms with Gasteiger partial charge in [-0.25, -0.2) is 9.59 Å². The van der Waals surface area contributed by atoms with Crippen molar-refractivity contribution in [1.29, 1.82) is 0 Å². The summed E-state index contributed by atoms with van der Waals surface area (Å²) >= 11 is 0. The van der Waals surface area contributed by atoms with Crippen LogP contribution in [-0.2, 0) is 28.6 Å². The van der Waals surface area contributed by atoms with Crippen molar-refractivity contribution in [3.63, 3.8) is 0 Å². The quantitative estimate of drug-likeness (QED) is 0.247. The highest BCUT2D eigenvalue weighted by molar-refractivity contribution is 6.20. The summed E-state index contributed by atoms with van der Waals surface area (Å²) in [6, 6.07) is 8.48. The van der Waals surface area contributed by atoms with Crippen molar-refractivity contribution in [2.75, 3.05) is 0 Å². The topological polar surface area (TPSA) is 99.2 Å². The standard InChI is InChI=1S/C34H41NO7/c1-19-14-15-23-21(18-22-24(36)16-17-25(37)26(22)33(23,5)6)28(19)40-30(38)29-27(20-12-10-9-11-13-20)35(34(7,8)41-29)31(39)42-32(2,3)4/h9-14,16-17,21,23,27-29H,15,18H2,1-8H3. The maximum Gasteiger partial charge on any atom is 0.413 e. The number of hydrogen-bond acceptors (Lipinski definition) is 7. The molecule has 1 aromatic carbocycles. The van der Waals surface area contributed by atoms with Crippen LogP contribution in [-0.4, -0.2) is 52.1 Å². The van der Waals surface area contributed by atoms with Gasteiger partial charge in [0, 0.05) is 17.1 Å². The molecule has 1 saturated heterocycles. The van der Waals surface area contributed by atoms with E-state index in [1.165, 1.54) is 17.1 Å². The third-order valence-electron chi connectivity index (χ3n) is 9.06. The van der Waals surface area contributed by atoms with Crippen LogP contribution in [0.2, 0.25) is 0 Å². The molecule has 0 N–H and O–H groups in total. The lowest BCUT2D eigenvalue weighted by atomic mass is 9.54. The van der Waals surface area contributed by atoms with Crippen LogP contribution in [0.25, 0.3) is 0 Å². The molecule has 0 radical (unpaired) electrons. The van der Waals surface area contributed by atoms with E-state index in [0.717, 1.165) is 11.1 Å². The van der Waals surface area contributed by atoms with E-state index in [1.54, 1.807) is 34.6 Å². The van der Waals surface area contributed by atoms with Crippen LogP contribution in [0.15, 0.2) is 65.3 Å². The molecule has 3 aliphatic carbocycles. The smallest absolute Gasteiger partial charge is 0.413 e. The Balaban J connectivity index is 1.49. The zero-order valence-corrected chi connectivity index (χ0v) is 25.7. The van der Waals surface area contributed by atoms with Crippen molar-refractivity contribution in [2.24, 2.45) is 17.3 Å². The number of esters is 1. The van der Waals surface area contributed by atoms with Gasteiger partial charge in [-0.3, -0.25) is 14.5 Å². The Bertz CT molecular complexity index is 1410. The molecule has 1 heterocycles. The number of fused-ring (bicyclic) bond motifs is 1. The molecule has 224 valence electrons. The van der Waals surface area contributed by atoms with Gasteiger partial charge >= 0.3 is 12.1 Å². The minimum atomic E-state index is -1.17. The fourth-order valence-electron chi connectivity index (χ4n) is 7.24. The van der Waals surface area contributed by atoms with Gasteiger partial charge in [-0.15, -0.1) is 0 Å². The van der Waals surface area contributed by atoms with Gasteiger partial charge in [0.1, 0.15) is 23.5 Å². The van der Waals surface area contributed by atoms with Crippen LogP contribution in [0.1, 0.15) is 79.8 Å². The summed E-state index contributed by atoms with van der Waals surface area (Å²) in [5.41, 5.74) is 0.210. The molecular weight excluding hydrogens is 534 g/mol. The van der Waals surface area contributed by atoms with Gasteiger partial charge in [-0.05, 0) is 89.0 Å². The molecule has 0 bridgehead atoms. The maximum atomic E-state index is 14.1. The van der Waals surface area contributed by atoms with E-state index in [0.29, 0.717) is 24.0 Å². The molecule has 0 aromatic heterocycles. The van der Waals surface area contributed by atoms with Gasteiger partial charge in [-0.1, -0.05) is 50.3 Å². The molecule has 42 heavy (non-hydrogen) atoms. The van der Waals surface area contributed by atoms with Crippen LogP contribution in [0.5, 0.6) is 0 Å². The van der Waals surface area contributed by atoms with Crippen LogP contribution < -0.4 is 0 Å². The maximum absolute atomic E-state index is 14.1. The highest BCUT2D eigenvalue weighted by atomic mass is 16.6. The average Bonchev–Trinajstić information content (AvgIpc) is 3.18. The Kier molecular flexibility index (Phi) is 7.37. The zero-order valence-electron chi connectivity index (χ0n) is 25.7. The lowest BCUT2D eigenvalue weighted by Crippen LogP contribution is -2.49. The Morgan fingerprint density at radius 1 is 1.00 bits per heavy atom. The number of benzene rings is 1. The minimum absolute atomic E-state index is 0.00915. The van der Waals surface area contributed by atoms with Gasteiger partial charge in [-0.2, -0.15) is 0 Å². The van der Waals surface area contributed by atoms with E-state index < -0.39 is 47.1 Å². The first kappa shape index (κ1) is 30.0. The van der Waals surface area contributed by atoms with E-state index in [-0.39, 0.29) is 23.4 Å². The molecule has 0 spiro atoms. The Morgan fingerprint density at radius 3 is 2.29 bits per heavy atom. The third kappa shape index (κ3) is 5.14. The van der Waals surface area contributed by atoms with E-state index >= 15 is 0 Å². The first-order valence-corrected chi connectivity index (χ1v) is 14.7. The van der Waals surface area contributed by atoms with Crippen molar-refractivity contribution in [1.82, 2.24) is 4.90 Å². The number of hydrogen-bond donors (Lipinski definition) is 0. The molecule has 0 saturated carbocycles. The number of rotatable bonds is 3. The largest absolute Gasteiger partial charge is 0.456 e. The van der Waals surface area contributed by atoms with Crippen LogP contribution >= 0.6 is 0 Å². The lowest BCUT2D eigenvalue weighted by molar-refractivity contribution is -0.170. The molecule has 4 aliphatic rings. The van der Waals surface area contributed by atoms with Crippen molar-refractivity contribution in [3.05, 3.63) is 70.8 Å². The molecule has 1 amide bonds. The summed E-state index contributed by atoms with van der Waals surface area (Å²) in [6.07, 6.45) is 3.52. The molecule has 5 rings (SSSR count). The monoisotopic (exact) mass is 575 g/mol. The van der Waals surface area contributed by atoms with Crippen molar-refractivity contribution >= 4 is 23.6 Å². The van der Waals surface area contributed by atoms with Crippen LogP contribution in [0, 0.1) is 17.3 Å². The highest BCUT2D eigenvalue weighted by Gasteiger charge is 2.57. The number of ketones is 2. The van der Waals surface area contributed by atoms with Gasteiger partial charge < -0.3 is 14.2 Å². The number of nitrogens with zero attached hydrogens (tertiary/aromatic N) is 1. The van der Waals surface area contributed by atoms with Crippen molar-refractivity contribution < 1.29 is 33.4 Å². The molecule has 5 atom stereocenters. The average molecular weight is 576 g/mol. The normalized spacial score (nSPS) is 30.0. The molecule has 8 nitrogen and oxygen atoms in total. The Morgan fingerprint density at radius 2 is 1.64 bits per heavy atom. The summed E-state index contributed by atoms with van der Waals surface area (Å²) in [7, 11) is 0. The summed E-state index contributed by atoms with van der Waals surface area (Å²) < 4.78 is 18.4. The molecule has 1 aliphatic heterocycles. The molecule has 1 aromatic rings. The molecule has 5 unspecified atom stereocenters. The first-order valence-electron chi connectivity index (χ1n) is 14.7. The van der Waals surface area contributed by atoms with Gasteiger partial charge in [0.05, 0.1) is 0 Å². The second kappa shape index (κ2) is 10.3. The van der Waals surface area contributed by atoms with E-state index in [4.69, 9.17) is 14.2 Å². The van der Waals surface area contributed by atoms with Gasteiger partial charge in [0.15, 0.2) is 17.7 Å². The predicted molar refractivity (Wildman–Crippen MR) is 156 cm³/mol. The van der Waals surface area contributed by atoms with E-state index in [1.807, 2.05) is 51.1 Å². The lowest BCUT2D eigenvalue weighted by Gasteiger charge is -2.50. The Labute approximate surface area is 247 Å². The summed E-state index contributed by atoms with van der Waals surface area (Å²) in [5.74, 6) is -1.08. The van der Waals surface area contributed by atoms with Crippen LogP contribution in [0.3, 0.4) is 0 Å². The Hall–Kier alpha value is -3.52. The van der Waals surface area contributed by atoms with E-state index in [9.17, 15) is 19.2 Å². The second-order valence-corrected chi connectivity index (χ2v) is 13.8. The second-order valence-electron chi connectivity index (χ2n) is 13.8. The number of carbonyl (C=O) groups is 4. The number of carbonyl (C=O) groups excluding carboxylic acids is 4. The molecule has 8 heteroatoms. The summed E-state index contributed by atoms with van der Waals surface area (Å²) in [6.45, 7) is 14.8. The van der Waals surface area contributed by atoms with Crippen LogP contribution in [0.4, 0.5) is 4.79 Å². The fraction of sp³-hybridized carbons (Fsp3) is 0.529. The highest BCUT2D eigenvalue weighted by Crippen LogP contribution is 2.55. The van der Waals surface area contributed by atoms with Gasteiger partial charge in [0.2, 0.25) is 0 Å². The third-order valence-corrected chi connectivity index (χ3v) is 9.06. The molecule has 1 fully saturated rings. The SMILES string of the molecule is CC1=CCC2C(CC3=C(C(=O)C=CC3=O)C2(C)C)C1OC(=O)C1OC(C)(C)N(C(=O)OC(C)(C)C)C1c1ccccc1.